The van der Waals surface area contributed by atoms with E-state index in [0.29, 0.717) is 31.0 Å². The van der Waals surface area contributed by atoms with Crippen molar-refractivity contribution in [2.45, 2.75) is 25.6 Å². The van der Waals surface area contributed by atoms with E-state index in [1.807, 2.05) is 12.1 Å². The van der Waals surface area contributed by atoms with Gasteiger partial charge in [0.15, 0.2) is 5.69 Å². The van der Waals surface area contributed by atoms with Gasteiger partial charge in [0.1, 0.15) is 18.2 Å². The lowest BCUT2D eigenvalue weighted by atomic mass is 10.2. The summed E-state index contributed by atoms with van der Waals surface area (Å²) in [5.74, 6) is -0.0770. The maximum Gasteiger partial charge on any atom is 0.291 e. The molecule has 2 amide bonds. The molecule has 0 fully saturated rings. The van der Waals surface area contributed by atoms with Crippen LogP contribution in [-0.2, 0) is 17.9 Å². The Balaban J connectivity index is 1.45. The van der Waals surface area contributed by atoms with Crippen LogP contribution in [0.5, 0.6) is 0 Å². The molecular formula is C19H18N8O2. The van der Waals surface area contributed by atoms with Crippen molar-refractivity contribution in [3.05, 3.63) is 65.7 Å². The Labute approximate surface area is 166 Å². The van der Waals surface area contributed by atoms with Gasteiger partial charge >= 0.3 is 0 Å². The Morgan fingerprint density at radius 3 is 3.00 bits per heavy atom. The highest BCUT2D eigenvalue weighted by Crippen LogP contribution is 2.20. The maximum atomic E-state index is 12.7. The summed E-state index contributed by atoms with van der Waals surface area (Å²) in [5, 5.41) is 11.1. The molecule has 0 aliphatic carbocycles. The van der Waals surface area contributed by atoms with Crippen LogP contribution in [0.4, 0.5) is 11.5 Å². The van der Waals surface area contributed by atoms with Crippen molar-refractivity contribution in [1.29, 1.82) is 0 Å². The number of amides is 2. The normalized spacial score (nSPS) is 16.1. The average Bonchev–Trinajstić information content (AvgIpc) is 3.38. The van der Waals surface area contributed by atoms with Crippen molar-refractivity contribution in [2.24, 2.45) is 0 Å². The predicted molar refractivity (Wildman–Crippen MR) is 103 cm³/mol. The van der Waals surface area contributed by atoms with Gasteiger partial charge in [-0.15, -0.1) is 5.10 Å². The fourth-order valence-corrected chi connectivity index (χ4v) is 3.26. The number of hydrogen-bond donors (Lipinski definition) is 1. The number of anilines is 1. The van der Waals surface area contributed by atoms with Gasteiger partial charge in [-0.1, -0.05) is 24.3 Å². The molecule has 1 aromatic carbocycles. The third-order valence-electron chi connectivity index (χ3n) is 4.79. The first-order valence-corrected chi connectivity index (χ1v) is 9.02. The number of fused-ring (bicyclic) bond motifs is 1. The van der Waals surface area contributed by atoms with E-state index in [-0.39, 0.29) is 11.7 Å². The lowest BCUT2D eigenvalue weighted by Gasteiger charge is -2.19. The summed E-state index contributed by atoms with van der Waals surface area (Å²) in [6.07, 6.45) is 3.50. The van der Waals surface area contributed by atoms with E-state index < -0.39 is 11.9 Å². The Bertz CT molecular complexity index is 1110. The maximum absolute atomic E-state index is 12.7. The minimum atomic E-state index is -0.691. The fourth-order valence-electron chi connectivity index (χ4n) is 3.26. The first kappa shape index (κ1) is 18.4. The number of para-hydroxylation sites is 1. The molecule has 0 radical (unpaired) electrons. The van der Waals surface area contributed by atoms with Crippen molar-refractivity contribution in [2.75, 3.05) is 11.9 Å². The number of benzene rings is 1. The first-order valence-electron chi connectivity index (χ1n) is 9.02. The summed E-state index contributed by atoms with van der Waals surface area (Å²) in [4.78, 5) is 34.3. The van der Waals surface area contributed by atoms with Crippen molar-refractivity contribution >= 4 is 23.3 Å². The van der Waals surface area contributed by atoms with E-state index in [0.717, 1.165) is 5.56 Å². The average molecular weight is 390 g/mol. The van der Waals surface area contributed by atoms with Gasteiger partial charge in [-0.05, 0) is 12.0 Å². The molecule has 1 atom stereocenters. The van der Waals surface area contributed by atoms with Gasteiger partial charge in [0.2, 0.25) is 5.82 Å². The molecule has 10 heteroatoms. The van der Waals surface area contributed by atoms with E-state index >= 15 is 0 Å². The summed E-state index contributed by atoms with van der Waals surface area (Å²) in [6, 6.07) is 8.26. The van der Waals surface area contributed by atoms with Crippen molar-refractivity contribution in [1.82, 2.24) is 29.9 Å². The van der Waals surface area contributed by atoms with Gasteiger partial charge in [-0.25, -0.2) is 19.2 Å². The van der Waals surface area contributed by atoms with Gasteiger partial charge in [0.05, 0.1) is 19.3 Å². The summed E-state index contributed by atoms with van der Waals surface area (Å²) >= 11 is 0. The third-order valence-corrected chi connectivity index (χ3v) is 4.79. The minimum absolute atomic E-state index is 0.0252. The summed E-state index contributed by atoms with van der Waals surface area (Å²) in [5.41, 5.74) is 1.31. The second kappa shape index (κ2) is 7.55. The number of aromatic nitrogens is 5. The molecule has 1 aliphatic heterocycles. The molecule has 0 saturated heterocycles. The van der Waals surface area contributed by atoms with E-state index in [1.165, 1.54) is 15.9 Å². The quantitative estimate of drug-likeness (QED) is 0.675. The van der Waals surface area contributed by atoms with Crippen LogP contribution in [0.2, 0.25) is 0 Å². The molecule has 1 N–H and O–H groups in total. The number of aryl methyl sites for hydroxylation is 1. The zero-order valence-corrected chi connectivity index (χ0v) is 15.7. The van der Waals surface area contributed by atoms with Crippen molar-refractivity contribution in [3.8, 4) is 0 Å². The van der Waals surface area contributed by atoms with Crippen LogP contribution in [0.15, 0.2) is 42.9 Å². The number of carbonyl (C=O) groups excluding carboxylic acids is 2. The predicted octanol–water partition coefficient (Wildman–Crippen LogP) is 1.24. The molecule has 0 bridgehead atoms. The van der Waals surface area contributed by atoms with Gasteiger partial charge in [-0.3, -0.25) is 14.5 Å². The molecule has 0 saturated carbocycles. The first-order chi connectivity index (χ1) is 14.1. The van der Waals surface area contributed by atoms with Gasteiger partial charge in [-0.2, -0.15) is 5.10 Å². The lowest BCUT2D eigenvalue weighted by molar-refractivity contribution is -0.120. The van der Waals surface area contributed by atoms with Crippen LogP contribution in [0, 0.1) is 6.57 Å². The number of nitrogens with zero attached hydrogens (tertiary/aromatic N) is 7. The van der Waals surface area contributed by atoms with Crippen LogP contribution in [0.1, 0.15) is 22.6 Å². The standard InChI is InChI=1S/C19H18N8O2/c1-20-14-6-4-3-5-13(14)11-26-12-21-17(24-26)18(28)23-15-8-10-27-16(7-9-22-27)25(2)19(15)29/h3-7,9,12,15H,8,10-11H2,2H3,(H,23,28)/t15-/m0/s1. The lowest BCUT2D eigenvalue weighted by Crippen LogP contribution is -2.47. The molecule has 0 unspecified atom stereocenters. The smallest absolute Gasteiger partial charge is 0.291 e. The van der Waals surface area contributed by atoms with Crippen LogP contribution >= 0.6 is 0 Å². The number of carbonyl (C=O) groups is 2. The molecule has 1 aliphatic rings. The zero-order valence-electron chi connectivity index (χ0n) is 15.7. The second-order valence-corrected chi connectivity index (χ2v) is 6.63. The summed E-state index contributed by atoms with van der Waals surface area (Å²) in [6.45, 7) is 8.07. The van der Waals surface area contributed by atoms with E-state index in [9.17, 15) is 9.59 Å². The Kier molecular flexibility index (Phi) is 4.78. The largest absolute Gasteiger partial charge is 0.337 e. The van der Waals surface area contributed by atoms with Gasteiger partial charge in [0.25, 0.3) is 11.8 Å². The SMILES string of the molecule is [C-]#[N+]c1ccccc1Cn1cnc(C(=O)N[C@H]2CCn3nccc3N(C)C2=O)n1. The molecule has 4 rings (SSSR count). The van der Waals surface area contributed by atoms with E-state index in [4.69, 9.17) is 6.57 Å². The fraction of sp³-hybridized carbons (Fsp3) is 0.263. The monoisotopic (exact) mass is 390 g/mol. The Morgan fingerprint density at radius 1 is 1.34 bits per heavy atom. The number of likely N-dealkylation sites (N-methyl/N-ethyl adjacent to an activating group) is 1. The Hall–Kier alpha value is -4.00. The van der Waals surface area contributed by atoms with E-state index in [2.05, 4.69) is 25.3 Å². The molecule has 3 heterocycles. The third kappa shape index (κ3) is 3.58. The molecule has 10 nitrogen and oxygen atoms in total. The molecule has 29 heavy (non-hydrogen) atoms. The van der Waals surface area contributed by atoms with E-state index in [1.54, 1.807) is 36.1 Å². The molecule has 146 valence electrons. The van der Waals surface area contributed by atoms with Crippen LogP contribution < -0.4 is 10.2 Å². The molecule has 0 spiro atoms. The van der Waals surface area contributed by atoms with Crippen LogP contribution in [0.25, 0.3) is 4.85 Å². The minimum Gasteiger partial charge on any atom is -0.337 e. The number of rotatable bonds is 4. The molecular weight excluding hydrogens is 372 g/mol. The van der Waals surface area contributed by atoms with Crippen molar-refractivity contribution in [3.63, 3.8) is 0 Å². The highest BCUT2D eigenvalue weighted by atomic mass is 16.2. The number of hydrogen-bond acceptors (Lipinski definition) is 5. The highest BCUT2D eigenvalue weighted by molar-refractivity contribution is 6.00. The topological polar surface area (TPSA) is 102 Å². The van der Waals surface area contributed by atoms with Crippen LogP contribution in [0.3, 0.4) is 0 Å². The van der Waals surface area contributed by atoms with Gasteiger partial charge in [0, 0.05) is 19.7 Å². The Morgan fingerprint density at radius 2 is 2.17 bits per heavy atom. The molecule has 3 aromatic rings. The summed E-state index contributed by atoms with van der Waals surface area (Å²) < 4.78 is 3.22. The number of nitrogens with one attached hydrogen (secondary N) is 1. The second-order valence-electron chi connectivity index (χ2n) is 6.63. The molecule has 2 aromatic heterocycles. The summed E-state index contributed by atoms with van der Waals surface area (Å²) in [7, 11) is 1.65. The van der Waals surface area contributed by atoms with Gasteiger partial charge < -0.3 is 5.32 Å². The zero-order chi connectivity index (χ0) is 20.4. The van der Waals surface area contributed by atoms with Crippen LogP contribution in [-0.4, -0.2) is 49.4 Å². The highest BCUT2D eigenvalue weighted by Gasteiger charge is 2.30. The van der Waals surface area contributed by atoms with Crippen molar-refractivity contribution < 1.29 is 9.59 Å².